The van der Waals surface area contributed by atoms with Gasteiger partial charge in [-0.05, 0) is 130 Å². The van der Waals surface area contributed by atoms with Crippen molar-refractivity contribution in [3.05, 3.63) is 83.4 Å². The normalized spacial score (nSPS) is 18.7. The number of amides is 5. The van der Waals surface area contributed by atoms with E-state index in [1.165, 1.54) is 0 Å². The van der Waals surface area contributed by atoms with Gasteiger partial charge >= 0.3 is 23.9 Å². The number of carbonyl (C=O) groups is 7. The van der Waals surface area contributed by atoms with Crippen molar-refractivity contribution in [1.82, 2.24) is 47.4 Å². The molecule has 5 rings (SSSR count). The lowest BCUT2D eigenvalue weighted by Gasteiger charge is -2.29. The quantitative estimate of drug-likeness (QED) is 0.0647. The van der Waals surface area contributed by atoms with Gasteiger partial charge in [-0.25, -0.2) is 14.4 Å². The lowest BCUT2D eigenvalue weighted by molar-refractivity contribution is -0.141. The summed E-state index contributed by atoms with van der Waals surface area (Å²) >= 11 is 0. The highest BCUT2D eigenvalue weighted by Crippen LogP contribution is 2.29. The zero-order valence-electron chi connectivity index (χ0n) is 40.1. The van der Waals surface area contributed by atoms with Crippen molar-refractivity contribution >= 4 is 52.4 Å². The van der Waals surface area contributed by atoms with Crippen LogP contribution in [0, 0.1) is 11.8 Å². The van der Waals surface area contributed by atoms with Gasteiger partial charge in [0.2, 0.25) is 11.8 Å². The first-order chi connectivity index (χ1) is 33.8. The van der Waals surface area contributed by atoms with Crippen LogP contribution in [-0.2, 0) is 36.9 Å². The predicted molar refractivity (Wildman–Crippen MR) is 265 cm³/mol. The average molecular weight is 972 g/mol. The van der Waals surface area contributed by atoms with Crippen molar-refractivity contribution < 1.29 is 48.9 Å². The number of nitrogens with zero attached hydrogens (tertiary/aromatic N) is 1. The number of urea groups is 1. The van der Waals surface area contributed by atoms with Gasteiger partial charge in [-0.3, -0.25) is 24.1 Å². The second-order valence-electron chi connectivity index (χ2n) is 18.4. The Balaban J connectivity index is 1.07. The van der Waals surface area contributed by atoms with Crippen molar-refractivity contribution in [2.45, 2.75) is 102 Å². The molecule has 0 spiro atoms. The van der Waals surface area contributed by atoms with E-state index >= 15 is 0 Å². The Labute approximate surface area is 410 Å². The maximum atomic E-state index is 13.8. The second-order valence-corrected chi connectivity index (χ2v) is 18.4. The number of carboxylic acids is 3. The van der Waals surface area contributed by atoms with E-state index in [1.807, 2.05) is 66.7 Å². The molecule has 1 saturated heterocycles. The van der Waals surface area contributed by atoms with E-state index in [2.05, 4.69) is 47.4 Å². The molecule has 382 valence electrons. The monoisotopic (exact) mass is 972 g/mol. The third kappa shape index (κ3) is 19.7. The summed E-state index contributed by atoms with van der Waals surface area (Å²) in [5.41, 5.74) is 2.63. The van der Waals surface area contributed by atoms with Crippen LogP contribution in [0.2, 0.25) is 0 Å². The molecule has 0 radical (unpaired) electrons. The number of fused-ring (bicyclic) bond motifs is 1. The third-order valence-corrected chi connectivity index (χ3v) is 13.0. The molecule has 70 heavy (non-hydrogen) atoms. The minimum Gasteiger partial charge on any atom is -0.481 e. The number of hydrogen-bond acceptors (Lipinski definition) is 11. The van der Waals surface area contributed by atoms with Crippen LogP contribution in [0.25, 0.3) is 10.8 Å². The lowest BCUT2D eigenvalue weighted by atomic mass is 9.81. The van der Waals surface area contributed by atoms with Gasteiger partial charge < -0.3 is 57.9 Å². The molecule has 3 unspecified atom stereocenters. The summed E-state index contributed by atoms with van der Waals surface area (Å²) in [4.78, 5) is 89.8. The lowest BCUT2D eigenvalue weighted by Crippen LogP contribution is -2.51. The average Bonchev–Trinajstić information content (AvgIpc) is 3.34. The van der Waals surface area contributed by atoms with Gasteiger partial charge in [0.25, 0.3) is 5.91 Å². The van der Waals surface area contributed by atoms with Gasteiger partial charge in [-0.15, -0.1) is 0 Å². The Morgan fingerprint density at radius 3 is 1.96 bits per heavy atom. The minimum atomic E-state index is -1.52. The van der Waals surface area contributed by atoms with Crippen LogP contribution in [0.3, 0.4) is 0 Å². The summed E-state index contributed by atoms with van der Waals surface area (Å²) in [5, 5.41) is 53.8. The van der Waals surface area contributed by atoms with E-state index in [1.54, 1.807) is 0 Å². The fourth-order valence-corrected chi connectivity index (χ4v) is 8.86. The largest absolute Gasteiger partial charge is 0.481 e. The standard InChI is InChI=1S/C51H73N9O10/c61-45(62)21-20-43(50(68)69)59-51(70)58-42(49(66)67)9-3-4-25-55-48(65)44(32-37-14-15-38-7-1-2-8-41(38)31-37)57-47(64)40-16-10-35(11-17-40)33-56-46(63)39-18-12-36(13-19-39)34-60-29-6-24-53-27-26-52-22-5-23-54-28-30-60/h1-2,7-8,12-15,18-19,31,35,40,42-44,52-54H,3-6,9-11,16-17,20-30,32-34H2,(H,55,65)(H,56,63)(H,57,64)(H,61,62)(H,66,67)(H,68,69)(H2,58,59,70). The first kappa shape index (κ1) is 54.8. The number of carboxylic acid groups (broad SMARTS) is 3. The second kappa shape index (κ2) is 29.8. The molecule has 3 atom stereocenters. The molecule has 1 aliphatic carbocycles. The fourth-order valence-electron chi connectivity index (χ4n) is 8.86. The van der Waals surface area contributed by atoms with Crippen molar-refractivity contribution in [2.75, 3.05) is 65.4 Å². The smallest absolute Gasteiger partial charge is 0.326 e. The highest BCUT2D eigenvalue weighted by molar-refractivity contribution is 5.94. The van der Waals surface area contributed by atoms with Crippen LogP contribution in [-0.4, -0.2) is 145 Å². The summed E-state index contributed by atoms with van der Waals surface area (Å²) in [6.45, 7) is 9.30. The van der Waals surface area contributed by atoms with Gasteiger partial charge in [0.1, 0.15) is 18.1 Å². The van der Waals surface area contributed by atoms with E-state index in [0.29, 0.717) is 31.4 Å². The van der Waals surface area contributed by atoms with E-state index in [9.17, 15) is 43.8 Å². The van der Waals surface area contributed by atoms with Crippen molar-refractivity contribution in [3.63, 3.8) is 0 Å². The van der Waals surface area contributed by atoms with Gasteiger partial charge in [0, 0.05) is 70.1 Å². The number of carbonyl (C=O) groups excluding carboxylic acids is 4. The number of aliphatic carboxylic acids is 3. The van der Waals surface area contributed by atoms with Crippen LogP contribution in [0.4, 0.5) is 4.79 Å². The predicted octanol–water partition coefficient (Wildman–Crippen LogP) is 2.83. The zero-order valence-corrected chi connectivity index (χ0v) is 40.1. The van der Waals surface area contributed by atoms with Crippen molar-refractivity contribution in [1.29, 1.82) is 0 Å². The molecule has 5 amide bonds. The fraction of sp³-hybridized carbons (Fsp3) is 0.549. The van der Waals surface area contributed by atoms with Gasteiger partial charge in [0.15, 0.2) is 0 Å². The molecule has 19 heteroatoms. The first-order valence-electron chi connectivity index (χ1n) is 24.9. The molecular formula is C51H73N9O10. The summed E-state index contributed by atoms with van der Waals surface area (Å²) in [6.07, 6.45) is 4.80. The molecule has 3 aromatic rings. The Hall–Kier alpha value is -6.15. The van der Waals surface area contributed by atoms with Gasteiger partial charge in [0.05, 0.1) is 0 Å². The van der Waals surface area contributed by atoms with Gasteiger partial charge in [-0.1, -0.05) is 54.6 Å². The Morgan fingerprint density at radius 2 is 1.27 bits per heavy atom. The zero-order chi connectivity index (χ0) is 50.1. The molecule has 2 fully saturated rings. The molecule has 1 saturated carbocycles. The topological polar surface area (TPSA) is 280 Å². The van der Waals surface area contributed by atoms with Crippen LogP contribution in [0.5, 0.6) is 0 Å². The molecule has 0 aromatic heterocycles. The molecule has 1 heterocycles. The highest BCUT2D eigenvalue weighted by Gasteiger charge is 2.30. The molecule has 0 bridgehead atoms. The molecule has 3 aromatic carbocycles. The molecule has 1 aliphatic heterocycles. The maximum Gasteiger partial charge on any atom is 0.326 e. The number of nitrogens with one attached hydrogen (secondary N) is 8. The van der Waals surface area contributed by atoms with E-state index in [0.717, 1.165) is 106 Å². The Bertz CT molecular complexity index is 2150. The highest BCUT2D eigenvalue weighted by atomic mass is 16.4. The summed E-state index contributed by atoms with van der Waals surface area (Å²) in [7, 11) is 0. The maximum absolute atomic E-state index is 13.8. The number of hydrogen-bond donors (Lipinski definition) is 11. The summed E-state index contributed by atoms with van der Waals surface area (Å²) in [5.74, 6) is -4.87. The van der Waals surface area contributed by atoms with Crippen LogP contribution in [0.1, 0.15) is 92.1 Å². The molecule has 19 nitrogen and oxygen atoms in total. The molecular weight excluding hydrogens is 899 g/mol. The first-order valence-corrected chi connectivity index (χ1v) is 24.9. The van der Waals surface area contributed by atoms with Crippen LogP contribution >= 0.6 is 0 Å². The van der Waals surface area contributed by atoms with E-state index in [-0.39, 0.29) is 55.9 Å². The third-order valence-electron chi connectivity index (χ3n) is 13.0. The number of unbranched alkanes of at least 4 members (excludes halogenated alkanes) is 1. The Morgan fingerprint density at radius 1 is 0.629 bits per heavy atom. The number of rotatable bonds is 22. The molecule has 11 N–H and O–H groups in total. The summed E-state index contributed by atoms with van der Waals surface area (Å²) < 4.78 is 0. The number of benzene rings is 3. The van der Waals surface area contributed by atoms with E-state index in [4.69, 9.17) is 5.11 Å². The van der Waals surface area contributed by atoms with Crippen molar-refractivity contribution in [3.8, 4) is 0 Å². The van der Waals surface area contributed by atoms with Gasteiger partial charge in [-0.2, -0.15) is 0 Å². The molecule has 2 aliphatic rings. The Kier molecular flexibility index (Phi) is 23.3. The minimum absolute atomic E-state index is 0.0309. The van der Waals surface area contributed by atoms with Crippen molar-refractivity contribution in [2.24, 2.45) is 11.8 Å². The van der Waals surface area contributed by atoms with Crippen LogP contribution in [0.15, 0.2) is 66.7 Å². The summed E-state index contributed by atoms with van der Waals surface area (Å²) in [6, 6.07) is 16.8. The SMILES string of the molecule is O=C(O)CCC(NC(=O)NC(CCCCNC(=O)C(Cc1ccc2ccccc2c1)NC(=O)C1CCC(CNC(=O)c2ccc(CN3CCCNCCNCCCNCC3)cc2)CC1)C(=O)O)C(=O)O. The van der Waals surface area contributed by atoms with E-state index < -0.39 is 54.4 Å². The van der Waals surface area contributed by atoms with Crippen LogP contribution < -0.4 is 42.5 Å².